The summed E-state index contributed by atoms with van der Waals surface area (Å²) in [4.78, 5) is 12.1. The van der Waals surface area contributed by atoms with Crippen molar-refractivity contribution in [1.29, 1.82) is 0 Å². The van der Waals surface area contributed by atoms with Crippen LogP contribution in [0.15, 0.2) is 48.5 Å². The van der Waals surface area contributed by atoms with E-state index in [-0.39, 0.29) is 11.3 Å². The van der Waals surface area contributed by atoms with Gasteiger partial charge in [0.1, 0.15) is 5.75 Å². The zero-order chi connectivity index (χ0) is 15.9. The lowest BCUT2D eigenvalue weighted by Gasteiger charge is -2.11. The van der Waals surface area contributed by atoms with Gasteiger partial charge in [0, 0.05) is 6.54 Å². The van der Waals surface area contributed by atoms with Crippen LogP contribution < -0.4 is 10.1 Å². The molecule has 0 bridgehead atoms. The second-order valence-electron chi connectivity index (χ2n) is 4.87. The van der Waals surface area contributed by atoms with Crippen molar-refractivity contribution in [3.8, 4) is 5.75 Å². The molecule has 3 nitrogen and oxygen atoms in total. The number of nitrogens with one attached hydrogen (secondary N) is 1. The molecule has 2 rings (SSSR count). The molecular formula is C17H17F2NO2. The lowest BCUT2D eigenvalue weighted by molar-refractivity contribution is -0.0501. The summed E-state index contributed by atoms with van der Waals surface area (Å²) in [6.07, 6.45) is 0.672. The van der Waals surface area contributed by atoms with E-state index in [1.54, 1.807) is 12.1 Å². The highest BCUT2D eigenvalue weighted by Gasteiger charge is 2.14. The van der Waals surface area contributed by atoms with E-state index in [1.807, 2.05) is 31.2 Å². The van der Waals surface area contributed by atoms with Gasteiger partial charge in [0.2, 0.25) is 0 Å². The maximum Gasteiger partial charge on any atom is 0.387 e. The normalized spacial score (nSPS) is 10.5. The van der Waals surface area contributed by atoms with Crippen molar-refractivity contribution >= 4 is 5.91 Å². The fourth-order valence-electron chi connectivity index (χ4n) is 2.14. The molecule has 0 aliphatic rings. The summed E-state index contributed by atoms with van der Waals surface area (Å²) in [5, 5.41) is 2.72. The van der Waals surface area contributed by atoms with Gasteiger partial charge in [-0.05, 0) is 31.0 Å². The first-order chi connectivity index (χ1) is 10.6. The van der Waals surface area contributed by atoms with Crippen LogP contribution in [0.3, 0.4) is 0 Å². The predicted octanol–water partition coefficient (Wildman–Crippen LogP) is 3.57. The van der Waals surface area contributed by atoms with E-state index in [4.69, 9.17) is 0 Å². The predicted molar refractivity (Wildman–Crippen MR) is 80.3 cm³/mol. The lowest BCUT2D eigenvalue weighted by Crippen LogP contribution is -2.26. The van der Waals surface area contributed by atoms with Gasteiger partial charge in [0.15, 0.2) is 0 Å². The third-order valence-corrected chi connectivity index (χ3v) is 3.13. The van der Waals surface area contributed by atoms with E-state index in [2.05, 4.69) is 10.1 Å². The van der Waals surface area contributed by atoms with Crippen LogP contribution in [0.1, 0.15) is 21.5 Å². The van der Waals surface area contributed by atoms with Crippen molar-refractivity contribution < 1.29 is 18.3 Å². The van der Waals surface area contributed by atoms with E-state index >= 15 is 0 Å². The van der Waals surface area contributed by atoms with Crippen molar-refractivity contribution in [2.75, 3.05) is 6.54 Å². The Balaban J connectivity index is 1.95. The summed E-state index contributed by atoms with van der Waals surface area (Å²) in [5.41, 5.74) is 2.36. The SMILES string of the molecule is Cc1cccc(CCNC(=O)c2ccccc2OC(F)F)c1. The van der Waals surface area contributed by atoms with Crippen LogP contribution in [-0.2, 0) is 6.42 Å². The number of hydrogen-bond donors (Lipinski definition) is 1. The smallest absolute Gasteiger partial charge is 0.387 e. The Morgan fingerprint density at radius 1 is 1.18 bits per heavy atom. The van der Waals surface area contributed by atoms with Crippen LogP contribution in [0.2, 0.25) is 0 Å². The third-order valence-electron chi connectivity index (χ3n) is 3.13. The van der Waals surface area contributed by atoms with Crippen LogP contribution in [0.5, 0.6) is 5.75 Å². The van der Waals surface area contributed by atoms with Gasteiger partial charge in [-0.3, -0.25) is 4.79 Å². The van der Waals surface area contributed by atoms with Gasteiger partial charge < -0.3 is 10.1 Å². The van der Waals surface area contributed by atoms with Crippen molar-refractivity contribution in [2.45, 2.75) is 20.0 Å². The van der Waals surface area contributed by atoms with E-state index in [0.717, 1.165) is 11.1 Å². The van der Waals surface area contributed by atoms with Gasteiger partial charge in [-0.25, -0.2) is 0 Å². The third kappa shape index (κ3) is 4.55. The lowest BCUT2D eigenvalue weighted by atomic mass is 10.1. The standard InChI is InChI=1S/C17H17F2NO2/c1-12-5-4-6-13(11-12)9-10-20-16(21)14-7-2-3-8-15(14)22-17(18)19/h2-8,11,17H,9-10H2,1H3,(H,20,21). The topological polar surface area (TPSA) is 38.3 Å². The quantitative estimate of drug-likeness (QED) is 0.886. The van der Waals surface area contributed by atoms with Crippen LogP contribution in [-0.4, -0.2) is 19.1 Å². The molecule has 0 unspecified atom stereocenters. The van der Waals surface area contributed by atoms with Crippen molar-refractivity contribution in [3.05, 3.63) is 65.2 Å². The molecule has 116 valence electrons. The first-order valence-electron chi connectivity index (χ1n) is 6.94. The molecule has 0 aliphatic carbocycles. The van der Waals surface area contributed by atoms with Gasteiger partial charge in [-0.2, -0.15) is 8.78 Å². The minimum absolute atomic E-state index is 0.104. The maximum atomic E-state index is 12.3. The van der Waals surface area contributed by atoms with E-state index in [0.29, 0.717) is 13.0 Å². The van der Waals surface area contributed by atoms with E-state index in [1.165, 1.54) is 12.1 Å². The Bertz CT molecular complexity index is 644. The molecule has 2 aromatic carbocycles. The van der Waals surface area contributed by atoms with E-state index < -0.39 is 12.5 Å². The summed E-state index contributed by atoms with van der Waals surface area (Å²) >= 11 is 0. The summed E-state index contributed by atoms with van der Waals surface area (Å²) in [6.45, 7) is -0.535. The highest BCUT2D eigenvalue weighted by molar-refractivity contribution is 5.96. The summed E-state index contributed by atoms with van der Waals surface area (Å²) < 4.78 is 29.0. The molecule has 0 spiro atoms. The zero-order valence-corrected chi connectivity index (χ0v) is 12.2. The van der Waals surface area contributed by atoms with Gasteiger partial charge >= 0.3 is 6.61 Å². The molecule has 0 radical (unpaired) electrons. The first-order valence-corrected chi connectivity index (χ1v) is 6.94. The molecule has 0 aromatic heterocycles. The number of rotatable bonds is 6. The molecule has 0 heterocycles. The number of carbonyl (C=O) groups excluding carboxylic acids is 1. The Labute approximate surface area is 127 Å². The average Bonchev–Trinajstić information content (AvgIpc) is 2.47. The first kappa shape index (κ1) is 15.9. The molecule has 0 fully saturated rings. The summed E-state index contributed by atoms with van der Waals surface area (Å²) in [6, 6.07) is 13.9. The highest BCUT2D eigenvalue weighted by atomic mass is 19.3. The number of halogens is 2. The Morgan fingerprint density at radius 2 is 1.95 bits per heavy atom. The molecule has 0 saturated heterocycles. The van der Waals surface area contributed by atoms with Crippen molar-refractivity contribution in [3.63, 3.8) is 0 Å². The second-order valence-corrected chi connectivity index (χ2v) is 4.87. The zero-order valence-electron chi connectivity index (χ0n) is 12.2. The Morgan fingerprint density at radius 3 is 2.68 bits per heavy atom. The van der Waals surface area contributed by atoms with Crippen molar-refractivity contribution in [2.24, 2.45) is 0 Å². The minimum Gasteiger partial charge on any atom is -0.434 e. The average molecular weight is 305 g/mol. The fourth-order valence-corrected chi connectivity index (χ4v) is 2.14. The van der Waals surface area contributed by atoms with Gasteiger partial charge in [0.05, 0.1) is 5.56 Å². The van der Waals surface area contributed by atoms with Gasteiger partial charge in [-0.15, -0.1) is 0 Å². The number of amides is 1. The Hall–Kier alpha value is -2.43. The van der Waals surface area contributed by atoms with Crippen LogP contribution in [0.4, 0.5) is 8.78 Å². The Kier molecular flexibility index (Phi) is 5.47. The molecule has 1 N–H and O–H groups in total. The highest BCUT2D eigenvalue weighted by Crippen LogP contribution is 2.20. The number of ether oxygens (including phenoxy) is 1. The number of alkyl halides is 2. The number of carbonyl (C=O) groups is 1. The molecule has 0 saturated carbocycles. The van der Waals surface area contributed by atoms with Gasteiger partial charge in [-0.1, -0.05) is 42.0 Å². The fraction of sp³-hybridized carbons (Fsp3) is 0.235. The second kappa shape index (κ2) is 7.54. The van der Waals surface area contributed by atoms with Gasteiger partial charge in [0.25, 0.3) is 5.91 Å². The number of hydrogen-bond acceptors (Lipinski definition) is 2. The molecule has 0 atom stereocenters. The van der Waals surface area contributed by atoms with Crippen molar-refractivity contribution in [1.82, 2.24) is 5.32 Å². The largest absolute Gasteiger partial charge is 0.434 e. The van der Waals surface area contributed by atoms with E-state index in [9.17, 15) is 13.6 Å². The van der Waals surface area contributed by atoms with Crippen LogP contribution >= 0.6 is 0 Å². The van der Waals surface area contributed by atoms with Crippen LogP contribution in [0.25, 0.3) is 0 Å². The van der Waals surface area contributed by atoms with Crippen LogP contribution in [0, 0.1) is 6.92 Å². The molecule has 0 aliphatic heterocycles. The molecular weight excluding hydrogens is 288 g/mol. The number of para-hydroxylation sites is 1. The molecule has 5 heteroatoms. The number of benzene rings is 2. The number of aryl methyl sites for hydroxylation is 1. The summed E-state index contributed by atoms with van der Waals surface area (Å²) in [7, 11) is 0. The minimum atomic E-state index is -2.96. The monoisotopic (exact) mass is 305 g/mol. The molecule has 22 heavy (non-hydrogen) atoms. The molecule has 2 aromatic rings. The summed E-state index contributed by atoms with van der Waals surface area (Å²) in [5.74, 6) is -0.547. The maximum absolute atomic E-state index is 12.3. The molecule has 1 amide bonds.